The summed E-state index contributed by atoms with van der Waals surface area (Å²) in [5.74, 6) is 1.33. The van der Waals surface area contributed by atoms with E-state index in [1.807, 2.05) is 50.2 Å². The predicted octanol–water partition coefficient (Wildman–Crippen LogP) is 4.09. The number of ether oxygens (including phenoxy) is 2. The SMILES string of the molecule is COc1ccc(CCNC(=O)[C@@H](C)Oc2cc(C)c(Cl)c(C)c2)cc1. The van der Waals surface area contributed by atoms with Crippen molar-refractivity contribution in [3.05, 3.63) is 58.1 Å². The van der Waals surface area contributed by atoms with Crippen LogP contribution in [-0.4, -0.2) is 25.7 Å². The third kappa shape index (κ3) is 5.40. The molecule has 2 rings (SSSR count). The molecule has 1 amide bonds. The molecule has 0 radical (unpaired) electrons. The first-order chi connectivity index (χ1) is 11.9. The van der Waals surface area contributed by atoms with Gasteiger partial charge in [-0.05, 0) is 68.1 Å². The third-order valence-corrected chi connectivity index (χ3v) is 4.56. The fraction of sp³-hybridized carbons (Fsp3) is 0.350. The zero-order valence-electron chi connectivity index (χ0n) is 15.1. The molecule has 0 bridgehead atoms. The molecular formula is C20H24ClNO3. The molecule has 0 unspecified atom stereocenters. The van der Waals surface area contributed by atoms with E-state index in [2.05, 4.69) is 5.32 Å². The molecule has 0 saturated carbocycles. The van der Waals surface area contributed by atoms with Gasteiger partial charge in [-0.1, -0.05) is 23.7 Å². The van der Waals surface area contributed by atoms with Crippen LogP contribution in [0.5, 0.6) is 11.5 Å². The summed E-state index contributed by atoms with van der Waals surface area (Å²) in [5.41, 5.74) is 3.01. The standard InChI is InChI=1S/C20H24ClNO3/c1-13-11-18(12-14(2)19(13)21)25-15(3)20(23)22-10-9-16-5-7-17(24-4)8-6-16/h5-8,11-12,15H,9-10H2,1-4H3,(H,22,23)/t15-/m1/s1. The van der Waals surface area contributed by atoms with E-state index in [0.717, 1.165) is 33.9 Å². The van der Waals surface area contributed by atoms with Crippen molar-refractivity contribution in [3.8, 4) is 11.5 Å². The lowest BCUT2D eigenvalue weighted by Crippen LogP contribution is -2.37. The fourth-order valence-corrected chi connectivity index (χ4v) is 2.61. The van der Waals surface area contributed by atoms with Crippen molar-refractivity contribution in [2.45, 2.75) is 33.3 Å². The van der Waals surface area contributed by atoms with Gasteiger partial charge in [0.05, 0.1) is 7.11 Å². The minimum absolute atomic E-state index is 0.140. The molecule has 134 valence electrons. The van der Waals surface area contributed by atoms with Crippen LogP contribution in [0.15, 0.2) is 36.4 Å². The van der Waals surface area contributed by atoms with E-state index < -0.39 is 6.10 Å². The van der Waals surface area contributed by atoms with Gasteiger partial charge in [0.25, 0.3) is 5.91 Å². The van der Waals surface area contributed by atoms with Crippen molar-refractivity contribution in [2.24, 2.45) is 0 Å². The van der Waals surface area contributed by atoms with E-state index in [-0.39, 0.29) is 5.91 Å². The molecule has 1 atom stereocenters. The molecule has 1 N–H and O–H groups in total. The van der Waals surface area contributed by atoms with Crippen LogP contribution in [0.4, 0.5) is 0 Å². The van der Waals surface area contributed by atoms with Gasteiger partial charge in [0.1, 0.15) is 11.5 Å². The second-order valence-corrected chi connectivity index (χ2v) is 6.40. The van der Waals surface area contributed by atoms with E-state index in [9.17, 15) is 4.79 Å². The first kappa shape index (κ1) is 19.1. The summed E-state index contributed by atoms with van der Waals surface area (Å²) in [6.45, 7) is 6.13. The van der Waals surface area contributed by atoms with Gasteiger partial charge in [-0.2, -0.15) is 0 Å². The van der Waals surface area contributed by atoms with Crippen LogP contribution in [-0.2, 0) is 11.2 Å². The third-order valence-electron chi connectivity index (χ3n) is 3.96. The summed E-state index contributed by atoms with van der Waals surface area (Å²) in [5, 5.41) is 3.62. The molecule has 0 saturated heterocycles. The Hall–Kier alpha value is -2.20. The molecular weight excluding hydrogens is 338 g/mol. The second kappa shape index (κ2) is 8.77. The lowest BCUT2D eigenvalue weighted by atomic mass is 10.1. The van der Waals surface area contributed by atoms with Crippen LogP contribution in [0, 0.1) is 13.8 Å². The van der Waals surface area contributed by atoms with Gasteiger partial charge < -0.3 is 14.8 Å². The number of rotatable bonds is 7. The smallest absolute Gasteiger partial charge is 0.260 e. The van der Waals surface area contributed by atoms with Crippen LogP contribution in [0.2, 0.25) is 5.02 Å². The van der Waals surface area contributed by atoms with Crippen molar-refractivity contribution in [2.75, 3.05) is 13.7 Å². The number of carbonyl (C=O) groups is 1. The van der Waals surface area contributed by atoms with E-state index in [1.54, 1.807) is 14.0 Å². The maximum Gasteiger partial charge on any atom is 0.260 e. The predicted molar refractivity (Wildman–Crippen MR) is 101 cm³/mol. The van der Waals surface area contributed by atoms with Crippen molar-refractivity contribution in [1.29, 1.82) is 0 Å². The zero-order valence-corrected chi connectivity index (χ0v) is 15.8. The number of hydrogen-bond acceptors (Lipinski definition) is 3. The Balaban J connectivity index is 1.83. The average molecular weight is 362 g/mol. The van der Waals surface area contributed by atoms with Crippen LogP contribution in [0.25, 0.3) is 0 Å². The summed E-state index contributed by atoms with van der Waals surface area (Å²) >= 11 is 6.15. The number of amides is 1. The monoisotopic (exact) mass is 361 g/mol. The molecule has 25 heavy (non-hydrogen) atoms. The number of hydrogen-bond donors (Lipinski definition) is 1. The molecule has 5 heteroatoms. The molecule has 4 nitrogen and oxygen atoms in total. The highest BCUT2D eigenvalue weighted by Crippen LogP contribution is 2.26. The molecule has 2 aromatic carbocycles. The Morgan fingerprint density at radius 2 is 1.72 bits per heavy atom. The Morgan fingerprint density at radius 1 is 1.12 bits per heavy atom. The molecule has 0 aliphatic carbocycles. The van der Waals surface area contributed by atoms with Crippen LogP contribution >= 0.6 is 11.6 Å². The lowest BCUT2D eigenvalue weighted by molar-refractivity contribution is -0.127. The van der Waals surface area contributed by atoms with E-state index in [0.29, 0.717) is 12.3 Å². The number of benzene rings is 2. The quantitative estimate of drug-likeness (QED) is 0.807. The van der Waals surface area contributed by atoms with Gasteiger partial charge in [0.15, 0.2) is 6.10 Å². The van der Waals surface area contributed by atoms with E-state index in [1.165, 1.54) is 0 Å². The topological polar surface area (TPSA) is 47.6 Å². The lowest BCUT2D eigenvalue weighted by Gasteiger charge is -2.16. The fourth-order valence-electron chi connectivity index (χ4n) is 2.50. The maximum absolute atomic E-state index is 12.2. The molecule has 0 aliphatic rings. The highest BCUT2D eigenvalue weighted by molar-refractivity contribution is 6.32. The number of aryl methyl sites for hydroxylation is 2. The van der Waals surface area contributed by atoms with Gasteiger partial charge in [-0.25, -0.2) is 0 Å². The van der Waals surface area contributed by atoms with Gasteiger partial charge in [0, 0.05) is 11.6 Å². The minimum Gasteiger partial charge on any atom is -0.497 e. The largest absolute Gasteiger partial charge is 0.497 e. The molecule has 0 aromatic heterocycles. The normalized spacial score (nSPS) is 11.7. The zero-order chi connectivity index (χ0) is 18.4. The highest BCUT2D eigenvalue weighted by atomic mass is 35.5. The number of halogens is 1. The summed E-state index contributed by atoms with van der Waals surface area (Å²) in [7, 11) is 1.64. The summed E-state index contributed by atoms with van der Waals surface area (Å²) in [4.78, 5) is 12.2. The molecule has 2 aromatic rings. The number of nitrogens with one attached hydrogen (secondary N) is 1. The maximum atomic E-state index is 12.2. The van der Waals surface area contributed by atoms with E-state index in [4.69, 9.17) is 21.1 Å². The Kier molecular flexibility index (Phi) is 6.71. The van der Waals surface area contributed by atoms with Crippen LogP contribution < -0.4 is 14.8 Å². The number of methoxy groups -OCH3 is 1. The molecule has 0 aliphatic heterocycles. The second-order valence-electron chi connectivity index (χ2n) is 6.02. The number of carbonyl (C=O) groups excluding carboxylic acids is 1. The van der Waals surface area contributed by atoms with E-state index >= 15 is 0 Å². The van der Waals surface area contributed by atoms with Crippen LogP contribution in [0.1, 0.15) is 23.6 Å². The molecule has 0 heterocycles. The van der Waals surface area contributed by atoms with Crippen molar-refractivity contribution in [3.63, 3.8) is 0 Å². The van der Waals surface area contributed by atoms with Crippen molar-refractivity contribution in [1.82, 2.24) is 5.32 Å². The first-order valence-corrected chi connectivity index (χ1v) is 8.62. The van der Waals surface area contributed by atoms with Crippen LogP contribution in [0.3, 0.4) is 0 Å². The molecule has 0 spiro atoms. The van der Waals surface area contributed by atoms with Crippen molar-refractivity contribution >= 4 is 17.5 Å². The Bertz CT molecular complexity index is 705. The van der Waals surface area contributed by atoms with Gasteiger partial charge in [0.2, 0.25) is 0 Å². The minimum atomic E-state index is -0.573. The van der Waals surface area contributed by atoms with Gasteiger partial charge >= 0.3 is 0 Å². The van der Waals surface area contributed by atoms with Gasteiger partial charge in [-0.15, -0.1) is 0 Å². The highest BCUT2D eigenvalue weighted by Gasteiger charge is 2.15. The molecule has 0 fully saturated rings. The average Bonchev–Trinajstić information content (AvgIpc) is 2.60. The first-order valence-electron chi connectivity index (χ1n) is 8.24. The van der Waals surface area contributed by atoms with Gasteiger partial charge in [-0.3, -0.25) is 4.79 Å². The van der Waals surface area contributed by atoms with Crippen molar-refractivity contribution < 1.29 is 14.3 Å². The summed E-state index contributed by atoms with van der Waals surface area (Å²) in [6, 6.07) is 11.5. The Labute approximate surface area is 154 Å². The summed E-state index contributed by atoms with van der Waals surface area (Å²) < 4.78 is 10.9. The summed E-state index contributed by atoms with van der Waals surface area (Å²) in [6.07, 6.45) is 0.178. The Morgan fingerprint density at radius 3 is 2.28 bits per heavy atom.